The van der Waals surface area contributed by atoms with Gasteiger partial charge >= 0.3 is 0 Å². The molecular formula is C9H15N3S. The molecule has 13 heavy (non-hydrogen) atoms. The molecule has 2 rings (SSSR count). The lowest BCUT2D eigenvalue weighted by Gasteiger charge is -2.18. The fraction of sp³-hybridized carbons (Fsp3) is 0.778. The van der Waals surface area contributed by atoms with Crippen molar-refractivity contribution in [2.45, 2.75) is 45.1 Å². The smallest absolute Gasteiger partial charge is 0.202 e. The second-order valence-electron chi connectivity index (χ2n) is 4.61. The molecule has 0 radical (unpaired) electrons. The highest BCUT2D eigenvalue weighted by molar-refractivity contribution is 7.09. The molecule has 4 heteroatoms. The van der Waals surface area contributed by atoms with Crippen LogP contribution in [0.1, 0.15) is 45.4 Å². The van der Waals surface area contributed by atoms with E-state index in [1.807, 2.05) is 0 Å². The average Bonchev–Trinajstić information content (AvgIpc) is 2.72. The number of aromatic nitrogens is 2. The second-order valence-corrected chi connectivity index (χ2v) is 5.36. The molecule has 1 aliphatic rings. The highest BCUT2D eigenvalue weighted by Gasteiger charge is 2.28. The first-order valence-electron chi connectivity index (χ1n) is 4.66. The maximum atomic E-state index is 4.45. The fourth-order valence-electron chi connectivity index (χ4n) is 1.11. The van der Waals surface area contributed by atoms with Gasteiger partial charge in [0, 0.05) is 23.0 Å². The van der Waals surface area contributed by atoms with Gasteiger partial charge < -0.3 is 5.32 Å². The van der Waals surface area contributed by atoms with E-state index in [4.69, 9.17) is 0 Å². The fourth-order valence-corrected chi connectivity index (χ4v) is 1.97. The van der Waals surface area contributed by atoms with Crippen LogP contribution in [0.25, 0.3) is 0 Å². The standard InChI is InChI=1S/C9H15N3S/c1-9(2,3)11-8-10-7(12-13-8)6-4-5-6/h6H,4-5H2,1-3H3,(H,10,11,12). The minimum Gasteiger partial charge on any atom is -0.356 e. The van der Waals surface area contributed by atoms with Gasteiger partial charge in [-0.15, -0.1) is 0 Å². The Hall–Kier alpha value is -0.640. The molecule has 1 aromatic rings. The van der Waals surface area contributed by atoms with Crippen LogP contribution in [0.4, 0.5) is 5.13 Å². The van der Waals surface area contributed by atoms with Gasteiger partial charge in [-0.3, -0.25) is 0 Å². The zero-order valence-electron chi connectivity index (χ0n) is 8.29. The van der Waals surface area contributed by atoms with Crippen LogP contribution in [0, 0.1) is 0 Å². The van der Waals surface area contributed by atoms with Crippen LogP contribution in [-0.2, 0) is 0 Å². The Labute approximate surface area is 82.8 Å². The first-order chi connectivity index (χ1) is 6.04. The van der Waals surface area contributed by atoms with E-state index in [2.05, 4.69) is 35.4 Å². The van der Waals surface area contributed by atoms with Crippen LogP contribution >= 0.6 is 11.5 Å². The number of nitrogens with zero attached hydrogens (tertiary/aromatic N) is 2. The van der Waals surface area contributed by atoms with Crippen molar-refractivity contribution in [3.63, 3.8) is 0 Å². The highest BCUT2D eigenvalue weighted by atomic mass is 32.1. The van der Waals surface area contributed by atoms with Crippen LogP contribution in [-0.4, -0.2) is 14.9 Å². The lowest BCUT2D eigenvalue weighted by Crippen LogP contribution is -2.25. The van der Waals surface area contributed by atoms with Crippen LogP contribution < -0.4 is 5.32 Å². The first kappa shape index (κ1) is 8.94. The van der Waals surface area contributed by atoms with E-state index in [1.165, 1.54) is 24.4 Å². The van der Waals surface area contributed by atoms with Gasteiger partial charge in [0.2, 0.25) is 5.13 Å². The summed E-state index contributed by atoms with van der Waals surface area (Å²) in [5, 5.41) is 4.28. The Morgan fingerprint density at radius 2 is 2.08 bits per heavy atom. The Morgan fingerprint density at radius 3 is 2.62 bits per heavy atom. The van der Waals surface area contributed by atoms with Crippen molar-refractivity contribution >= 4 is 16.7 Å². The Morgan fingerprint density at radius 1 is 1.38 bits per heavy atom. The van der Waals surface area contributed by atoms with E-state index >= 15 is 0 Å². The highest BCUT2D eigenvalue weighted by Crippen LogP contribution is 2.39. The molecule has 0 amide bonds. The molecule has 0 bridgehead atoms. The number of anilines is 1. The van der Waals surface area contributed by atoms with Gasteiger partial charge in [-0.25, -0.2) is 4.98 Å². The van der Waals surface area contributed by atoms with E-state index < -0.39 is 0 Å². The largest absolute Gasteiger partial charge is 0.356 e. The maximum Gasteiger partial charge on any atom is 0.202 e. The zero-order chi connectivity index (χ0) is 9.47. The predicted octanol–water partition coefficient (Wildman–Crippen LogP) is 2.63. The molecule has 0 saturated heterocycles. The third-order valence-corrected chi connectivity index (χ3v) is 2.51. The molecule has 3 nitrogen and oxygen atoms in total. The SMILES string of the molecule is CC(C)(C)Nc1nc(C2CC2)ns1. The molecule has 0 spiro atoms. The van der Waals surface area contributed by atoms with Crippen LogP contribution in [0.3, 0.4) is 0 Å². The van der Waals surface area contributed by atoms with Crippen molar-refractivity contribution in [2.24, 2.45) is 0 Å². The van der Waals surface area contributed by atoms with E-state index in [-0.39, 0.29) is 5.54 Å². The number of hydrogen-bond donors (Lipinski definition) is 1. The monoisotopic (exact) mass is 197 g/mol. The summed E-state index contributed by atoms with van der Waals surface area (Å²) in [7, 11) is 0. The van der Waals surface area contributed by atoms with Crippen LogP contribution in [0.2, 0.25) is 0 Å². The topological polar surface area (TPSA) is 37.8 Å². The average molecular weight is 197 g/mol. The zero-order valence-corrected chi connectivity index (χ0v) is 9.11. The van der Waals surface area contributed by atoms with Gasteiger partial charge in [0.05, 0.1) is 0 Å². The van der Waals surface area contributed by atoms with Crippen molar-refractivity contribution in [3.8, 4) is 0 Å². The van der Waals surface area contributed by atoms with E-state index in [1.54, 1.807) is 0 Å². The number of nitrogens with one attached hydrogen (secondary N) is 1. The summed E-state index contributed by atoms with van der Waals surface area (Å²) >= 11 is 1.47. The summed E-state index contributed by atoms with van der Waals surface area (Å²) in [5.74, 6) is 1.70. The summed E-state index contributed by atoms with van der Waals surface area (Å²) in [4.78, 5) is 4.45. The summed E-state index contributed by atoms with van der Waals surface area (Å²) in [5.41, 5.74) is 0.0837. The molecule has 1 fully saturated rings. The predicted molar refractivity (Wildman–Crippen MR) is 55.3 cm³/mol. The molecule has 72 valence electrons. The molecule has 0 aliphatic heterocycles. The van der Waals surface area contributed by atoms with Gasteiger partial charge in [0.25, 0.3) is 0 Å². The Balaban J connectivity index is 2.04. The number of rotatable bonds is 2. The molecule has 1 aliphatic carbocycles. The van der Waals surface area contributed by atoms with Gasteiger partial charge in [0.15, 0.2) is 0 Å². The minimum absolute atomic E-state index is 0.0837. The normalized spacial score (nSPS) is 17.5. The third kappa shape index (κ3) is 2.40. The quantitative estimate of drug-likeness (QED) is 0.792. The first-order valence-corrected chi connectivity index (χ1v) is 5.44. The molecule has 0 unspecified atom stereocenters. The Bertz CT molecular complexity index is 296. The summed E-state index contributed by atoms with van der Waals surface area (Å²) in [6.07, 6.45) is 2.54. The van der Waals surface area contributed by atoms with Crippen molar-refractivity contribution in [1.82, 2.24) is 9.36 Å². The minimum atomic E-state index is 0.0837. The van der Waals surface area contributed by atoms with E-state index in [9.17, 15) is 0 Å². The Kier molecular flexibility index (Phi) is 2.02. The molecule has 1 heterocycles. The van der Waals surface area contributed by atoms with E-state index in [0.717, 1.165) is 11.0 Å². The van der Waals surface area contributed by atoms with Gasteiger partial charge in [0.1, 0.15) is 5.82 Å². The second kappa shape index (κ2) is 2.94. The van der Waals surface area contributed by atoms with E-state index in [0.29, 0.717) is 5.92 Å². The maximum absolute atomic E-state index is 4.45. The van der Waals surface area contributed by atoms with Crippen molar-refractivity contribution in [2.75, 3.05) is 5.32 Å². The molecule has 0 atom stereocenters. The van der Waals surface area contributed by atoms with Gasteiger partial charge in [-0.05, 0) is 33.6 Å². The molecule has 1 aromatic heterocycles. The lowest BCUT2D eigenvalue weighted by molar-refractivity contribution is 0.633. The van der Waals surface area contributed by atoms with Crippen LogP contribution in [0.5, 0.6) is 0 Å². The summed E-state index contributed by atoms with van der Waals surface area (Å²) in [6, 6.07) is 0. The van der Waals surface area contributed by atoms with Gasteiger partial charge in [-0.1, -0.05) is 0 Å². The molecule has 1 saturated carbocycles. The van der Waals surface area contributed by atoms with Crippen LogP contribution in [0.15, 0.2) is 0 Å². The molecule has 0 aromatic carbocycles. The van der Waals surface area contributed by atoms with Crippen molar-refractivity contribution < 1.29 is 0 Å². The summed E-state index contributed by atoms with van der Waals surface area (Å²) in [6.45, 7) is 6.39. The third-order valence-electron chi connectivity index (χ3n) is 1.87. The lowest BCUT2D eigenvalue weighted by atomic mass is 10.1. The van der Waals surface area contributed by atoms with Crippen molar-refractivity contribution in [1.29, 1.82) is 0 Å². The van der Waals surface area contributed by atoms with Gasteiger partial charge in [-0.2, -0.15) is 4.37 Å². The molecular weight excluding hydrogens is 182 g/mol. The summed E-state index contributed by atoms with van der Waals surface area (Å²) < 4.78 is 4.33. The molecule has 1 N–H and O–H groups in total. The van der Waals surface area contributed by atoms with Crippen molar-refractivity contribution in [3.05, 3.63) is 5.82 Å². The number of hydrogen-bond acceptors (Lipinski definition) is 4.